The van der Waals surface area contributed by atoms with Gasteiger partial charge in [-0.3, -0.25) is 4.79 Å². The van der Waals surface area contributed by atoms with Crippen molar-refractivity contribution in [3.8, 4) is 17.1 Å². The molecule has 0 saturated carbocycles. The summed E-state index contributed by atoms with van der Waals surface area (Å²) in [6, 6.07) is 11.0. The Hall–Kier alpha value is -2.80. The van der Waals surface area contributed by atoms with Crippen molar-refractivity contribution in [1.82, 2.24) is 9.97 Å². The summed E-state index contributed by atoms with van der Waals surface area (Å²) in [6.45, 7) is 0. The number of carbonyl (C=O) groups is 1. The highest BCUT2D eigenvalue weighted by atomic mass is 79.9. The smallest absolute Gasteiger partial charge is 0.228 e. The van der Waals surface area contributed by atoms with Gasteiger partial charge in [0.05, 0.1) is 29.0 Å². The molecule has 0 atom stereocenters. The van der Waals surface area contributed by atoms with Gasteiger partial charge in [-0.05, 0) is 45.8 Å². The van der Waals surface area contributed by atoms with Gasteiger partial charge in [0, 0.05) is 5.56 Å². The molecule has 0 aliphatic rings. The van der Waals surface area contributed by atoms with Crippen molar-refractivity contribution >= 4 is 27.5 Å². The molecule has 1 aromatic heterocycles. The minimum Gasteiger partial charge on any atom is -0.508 e. The van der Waals surface area contributed by atoms with Crippen molar-refractivity contribution < 1.29 is 14.3 Å². The van der Waals surface area contributed by atoms with Crippen molar-refractivity contribution in [3.05, 3.63) is 70.7 Å². The van der Waals surface area contributed by atoms with Gasteiger partial charge in [-0.2, -0.15) is 0 Å². The molecule has 2 aromatic carbocycles. The Balaban J connectivity index is 1.66. The molecule has 1 amide bonds. The van der Waals surface area contributed by atoms with E-state index in [1.165, 1.54) is 18.5 Å². The van der Waals surface area contributed by atoms with Gasteiger partial charge >= 0.3 is 0 Å². The zero-order valence-electron chi connectivity index (χ0n) is 12.9. The molecule has 2 N–H and O–H groups in total. The second-order valence-electron chi connectivity index (χ2n) is 5.32. The molecule has 0 saturated heterocycles. The molecule has 0 unspecified atom stereocenters. The van der Waals surface area contributed by atoms with E-state index in [9.17, 15) is 14.3 Å². The quantitative estimate of drug-likeness (QED) is 0.694. The molecular formula is C18H13BrFN3O2. The number of halogens is 2. The highest BCUT2D eigenvalue weighted by molar-refractivity contribution is 9.10. The Labute approximate surface area is 151 Å². The third kappa shape index (κ3) is 4.39. The lowest BCUT2D eigenvalue weighted by atomic mass is 10.1. The second-order valence-corrected chi connectivity index (χ2v) is 6.17. The van der Waals surface area contributed by atoms with E-state index in [1.807, 2.05) is 0 Å². The van der Waals surface area contributed by atoms with Gasteiger partial charge in [-0.1, -0.05) is 18.2 Å². The summed E-state index contributed by atoms with van der Waals surface area (Å²) in [4.78, 5) is 20.4. The Morgan fingerprint density at radius 1 is 1.16 bits per heavy atom. The van der Waals surface area contributed by atoms with Crippen LogP contribution < -0.4 is 5.32 Å². The maximum Gasteiger partial charge on any atom is 0.228 e. The van der Waals surface area contributed by atoms with Crippen LogP contribution in [0.15, 0.2) is 59.3 Å². The lowest BCUT2D eigenvalue weighted by molar-refractivity contribution is -0.115. The maximum absolute atomic E-state index is 13.2. The molecule has 7 heteroatoms. The van der Waals surface area contributed by atoms with E-state index in [-0.39, 0.29) is 23.9 Å². The van der Waals surface area contributed by atoms with Crippen LogP contribution in [0.3, 0.4) is 0 Å². The summed E-state index contributed by atoms with van der Waals surface area (Å²) >= 11 is 3.09. The van der Waals surface area contributed by atoms with E-state index in [2.05, 4.69) is 31.2 Å². The molecule has 126 valence electrons. The van der Waals surface area contributed by atoms with Gasteiger partial charge in [0.2, 0.25) is 5.91 Å². The molecule has 0 aliphatic heterocycles. The molecule has 5 nitrogen and oxygen atoms in total. The fraction of sp³-hybridized carbons (Fsp3) is 0.0556. The first-order valence-electron chi connectivity index (χ1n) is 7.36. The summed E-state index contributed by atoms with van der Waals surface area (Å²) < 4.78 is 13.5. The molecule has 3 aromatic rings. The Morgan fingerprint density at radius 3 is 2.60 bits per heavy atom. The largest absolute Gasteiger partial charge is 0.508 e. The lowest BCUT2D eigenvalue weighted by Gasteiger charge is -2.06. The predicted molar refractivity (Wildman–Crippen MR) is 95.6 cm³/mol. The van der Waals surface area contributed by atoms with Gasteiger partial charge in [0.25, 0.3) is 0 Å². The van der Waals surface area contributed by atoms with E-state index in [0.717, 1.165) is 0 Å². The van der Waals surface area contributed by atoms with Crippen LogP contribution >= 0.6 is 15.9 Å². The Bertz CT molecular complexity index is 916. The predicted octanol–water partition coefficient (Wildman–Crippen LogP) is 3.93. The molecular weight excluding hydrogens is 389 g/mol. The van der Waals surface area contributed by atoms with Crippen LogP contribution in [0.5, 0.6) is 5.75 Å². The van der Waals surface area contributed by atoms with Crippen LogP contribution in [0, 0.1) is 5.82 Å². The van der Waals surface area contributed by atoms with E-state index < -0.39 is 0 Å². The number of phenolic OH excluding ortho intramolecular Hbond substituents is 1. The number of anilines is 1. The average Bonchev–Trinajstić information content (AvgIpc) is 2.59. The third-order valence-electron chi connectivity index (χ3n) is 3.39. The summed E-state index contributed by atoms with van der Waals surface area (Å²) in [6.07, 6.45) is 3.09. The van der Waals surface area contributed by atoms with Crippen LogP contribution in [0.2, 0.25) is 0 Å². The van der Waals surface area contributed by atoms with Crippen LogP contribution in [0.1, 0.15) is 5.56 Å². The normalized spacial score (nSPS) is 10.5. The molecule has 3 rings (SSSR count). The Morgan fingerprint density at radius 2 is 1.92 bits per heavy atom. The number of aromatic nitrogens is 2. The maximum atomic E-state index is 13.2. The molecule has 1 heterocycles. The summed E-state index contributed by atoms with van der Waals surface area (Å²) in [5, 5.41) is 12.2. The number of aromatic hydroxyl groups is 1. The summed E-state index contributed by atoms with van der Waals surface area (Å²) in [5.41, 5.74) is 1.81. The number of nitrogens with zero attached hydrogens (tertiary/aromatic N) is 2. The van der Waals surface area contributed by atoms with Crippen LogP contribution in [-0.2, 0) is 11.2 Å². The summed E-state index contributed by atoms with van der Waals surface area (Å²) in [5.74, 6) is -0.0624. The lowest BCUT2D eigenvalue weighted by Crippen LogP contribution is -2.14. The van der Waals surface area contributed by atoms with Crippen LogP contribution in [0.25, 0.3) is 11.4 Å². The van der Waals surface area contributed by atoms with E-state index in [0.29, 0.717) is 27.1 Å². The fourth-order valence-electron chi connectivity index (χ4n) is 2.23. The number of hydrogen-bond acceptors (Lipinski definition) is 4. The Kier molecular flexibility index (Phi) is 5.04. The monoisotopic (exact) mass is 401 g/mol. The van der Waals surface area contributed by atoms with Crippen molar-refractivity contribution in [2.24, 2.45) is 0 Å². The first-order chi connectivity index (χ1) is 12.0. The van der Waals surface area contributed by atoms with Gasteiger partial charge < -0.3 is 10.4 Å². The van der Waals surface area contributed by atoms with Crippen LogP contribution in [-0.4, -0.2) is 21.0 Å². The molecule has 0 bridgehead atoms. The minimum absolute atomic E-state index is 0.104. The highest BCUT2D eigenvalue weighted by Gasteiger charge is 2.08. The molecule has 25 heavy (non-hydrogen) atoms. The number of benzene rings is 2. The van der Waals surface area contributed by atoms with Crippen molar-refractivity contribution in [2.75, 3.05) is 5.32 Å². The molecule has 0 aliphatic carbocycles. The third-order valence-corrected chi connectivity index (χ3v) is 4.00. The first kappa shape index (κ1) is 17.0. The zero-order valence-corrected chi connectivity index (χ0v) is 14.5. The number of rotatable bonds is 4. The molecule has 0 radical (unpaired) electrons. The number of amides is 1. The van der Waals surface area contributed by atoms with Gasteiger partial charge in [0.15, 0.2) is 5.82 Å². The van der Waals surface area contributed by atoms with Gasteiger partial charge in [0.1, 0.15) is 11.6 Å². The minimum atomic E-state index is -0.375. The van der Waals surface area contributed by atoms with Gasteiger partial charge in [-0.15, -0.1) is 0 Å². The standard InChI is InChI=1S/C18H13BrFN3O2/c19-15-6-11(4-5-16(15)20)7-17(25)23-13-9-21-18(22-10-13)12-2-1-3-14(24)8-12/h1-6,8-10,24H,7H2,(H,23,25). The summed E-state index contributed by atoms with van der Waals surface area (Å²) in [7, 11) is 0. The number of hydrogen-bond donors (Lipinski definition) is 2. The van der Waals surface area contributed by atoms with Crippen molar-refractivity contribution in [1.29, 1.82) is 0 Å². The fourth-order valence-corrected chi connectivity index (χ4v) is 2.65. The van der Waals surface area contributed by atoms with Crippen molar-refractivity contribution in [3.63, 3.8) is 0 Å². The highest BCUT2D eigenvalue weighted by Crippen LogP contribution is 2.20. The zero-order chi connectivity index (χ0) is 17.8. The van der Waals surface area contributed by atoms with Crippen molar-refractivity contribution in [2.45, 2.75) is 6.42 Å². The molecule has 0 spiro atoms. The average molecular weight is 402 g/mol. The number of carbonyl (C=O) groups excluding carboxylic acids is 1. The number of phenols is 1. The van der Waals surface area contributed by atoms with Crippen LogP contribution in [0.4, 0.5) is 10.1 Å². The van der Waals surface area contributed by atoms with E-state index in [1.54, 1.807) is 36.4 Å². The van der Waals surface area contributed by atoms with Gasteiger partial charge in [-0.25, -0.2) is 14.4 Å². The SMILES string of the molecule is O=C(Cc1ccc(F)c(Br)c1)Nc1cnc(-c2cccc(O)c2)nc1. The topological polar surface area (TPSA) is 75.1 Å². The van der Waals surface area contributed by atoms with E-state index >= 15 is 0 Å². The molecule has 0 fully saturated rings. The number of nitrogens with one attached hydrogen (secondary N) is 1. The second kappa shape index (κ2) is 7.40. The van der Waals surface area contributed by atoms with E-state index in [4.69, 9.17) is 0 Å². The first-order valence-corrected chi connectivity index (χ1v) is 8.16.